The monoisotopic (exact) mass is 449 g/mol. The van der Waals surface area contributed by atoms with E-state index in [0.29, 0.717) is 10.6 Å². The molecule has 3 aromatic carbocycles. The van der Waals surface area contributed by atoms with Gasteiger partial charge in [0.15, 0.2) is 0 Å². The highest BCUT2D eigenvalue weighted by Crippen LogP contribution is 2.34. The molecule has 1 heterocycles. The number of amides is 1. The third-order valence-corrected chi connectivity index (χ3v) is 6.07. The first-order valence-corrected chi connectivity index (χ1v) is 11.6. The molecule has 1 N–H and O–H groups in total. The summed E-state index contributed by atoms with van der Waals surface area (Å²) in [6, 6.07) is 29.9. The fourth-order valence-corrected chi connectivity index (χ4v) is 4.52. The number of nitrogens with one attached hydrogen (secondary N) is 1. The predicted octanol–water partition coefficient (Wildman–Crippen LogP) is 6.63. The molecule has 4 rings (SSSR count). The standard InChI is InChI=1S/C28H23N3OS/c1-19-13-20(2)15-23(14-19)30-27(32)18-33-28-25(17-29)24(21-9-5-3-6-10-21)16-26(31-28)22-11-7-4-8-12-22/h3-16H,18H2,1-2H3,(H,30,32). The number of pyridine rings is 1. The highest BCUT2D eigenvalue weighted by molar-refractivity contribution is 8.00. The van der Waals surface area contributed by atoms with E-state index in [1.165, 1.54) is 11.8 Å². The molecule has 0 aliphatic carbocycles. The van der Waals surface area contributed by atoms with Crippen molar-refractivity contribution in [3.63, 3.8) is 0 Å². The lowest BCUT2D eigenvalue weighted by Gasteiger charge is -2.13. The second-order valence-electron chi connectivity index (χ2n) is 7.79. The molecule has 0 aliphatic rings. The minimum absolute atomic E-state index is 0.137. The number of thioether (sulfide) groups is 1. The van der Waals surface area contributed by atoms with Crippen molar-refractivity contribution in [1.29, 1.82) is 5.26 Å². The fraction of sp³-hybridized carbons (Fsp3) is 0.107. The molecule has 0 unspecified atom stereocenters. The van der Waals surface area contributed by atoms with E-state index in [1.807, 2.05) is 92.7 Å². The summed E-state index contributed by atoms with van der Waals surface area (Å²) in [5.41, 5.74) is 6.91. The Bertz CT molecular complexity index is 1310. The summed E-state index contributed by atoms with van der Waals surface area (Å²) in [6.07, 6.45) is 0. The van der Waals surface area contributed by atoms with Crippen molar-refractivity contribution in [3.8, 4) is 28.5 Å². The number of nitriles is 1. The van der Waals surface area contributed by atoms with Gasteiger partial charge >= 0.3 is 0 Å². The van der Waals surface area contributed by atoms with Gasteiger partial charge in [-0.25, -0.2) is 4.98 Å². The summed E-state index contributed by atoms with van der Waals surface area (Å²) in [5, 5.41) is 13.5. The lowest BCUT2D eigenvalue weighted by molar-refractivity contribution is -0.113. The van der Waals surface area contributed by atoms with Gasteiger partial charge in [0, 0.05) is 16.8 Å². The van der Waals surface area contributed by atoms with E-state index in [9.17, 15) is 10.1 Å². The number of hydrogen-bond donors (Lipinski definition) is 1. The Kier molecular flexibility index (Phi) is 6.87. The van der Waals surface area contributed by atoms with Crippen LogP contribution in [0.4, 0.5) is 5.69 Å². The summed E-state index contributed by atoms with van der Waals surface area (Å²) in [5.74, 6) is 0.0169. The number of benzene rings is 3. The van der Waals surface area contributed by atoms with Crippen LogP contribution < -0.4 is 5.32 Å². The Hall–Kier alpha value is -3.88. The third-order valence-electron chi connectivity index (χ3n) is 5.10. The number of nitrogens with zero attached hydrogens (tertiary/aromatic N) is 2. The van der Waals surface area contributed by atoms with Crippen molar-refractivity contribution in [2.45, 2.75) is 18.9 Å². The van der Waals surface area contributed by atoms with Crippen LogP contribution in [0, 0.1) is 25.2 Å². The van der Waals surface area contributed by atoms with Gasteiger partial charge in [0.1, 0.15) is 11.1 Å². The Balaban J connectivity index is 1.66. The maximum absolute atomic E-state index is 12.7. The molecule has 1 amide bonds. The van der Waals surface area contributed by atoms with Gasteiger partial charge < -0.3 is 5.32 Å². The van der Waals surface area contributed by atoms with Crippen molar-refractivity contribution in [2.75, 3.05) is 11.1 Å². The van der Waals surface area contributed by atoms with E-state index in [4.69, 9.17) is 4.98 Å². The lowest BCUT2D eigenvalue weighted by Crippen LogP contribution is -2.14. The van der Waals surface area contributed by atoms with E-state index in [2.05, 4.69) is 17.5 Å². The summed E-state index contributed by atoms with van der Waals surface area (Å²) in [6.45, 7) is 4.00. The summed E-state index contributed by atoms with van der Waals surface area (Å²) in [7, 11) is 0. The number of aryl methyl sites for hydroxylation is 2. The summed E-state index contributed by atoms with van der Waals surface area (Å²) >= 11 is 1.28. The molecule has 4 aromatic rings. The molecule has 0 bridgehead atoms. The molecule has 0 aliphatic heterocycles. The van der Waals surface area contributed by atoms with E-state index < -0.39 is 0 Å². The van der Waals surface area contributed by atoms with Crippen molar-refractivity contribution < 1.29 is 4.79 Å². The minimum Gasteiger partial charge on any atom is -0.325 e. The van der Waals surface area contributed by atoms with Crippen LogP contribution in [0.5, 0.6) is 0 Å². The van der Waals surface area contributed by atoms with Gasteiger partial charge in [-0.1, -0.05) is 78.5 Å². The van der Waals surface area contributed by atoms with Gasteiger partial charge in [-0.15, -0.1) is 0 Å². The molecule has 162 valence electrons. The van der Waals surface area contributed by atoms with E-state index in [-0.39, 0.29) is 11.7 Å². The number of carbonyl (C=O) groups is 1. The van der Waals surface area contributed by atoms with E-state index >= 15 is 0 Å². The van der Waals surface area contributed by atoms with Crippen molar-refractivity contribution >= 4 is 23.4 Å². The Labute approximate surface area is 198 Å². The van der Waals surface area contributed by atoms with Crippen molar-refractivity contribution in [2.24, 2.45) is 0 Å². The molecule has 0 atom stereocenters. The van der Waals surface area contributed by atoms with Crippen LogP contribution in [0.2, 0.25) is 0 Å². The highest BCUT2D eigenvalue weighted by Gasteiger charge is 2.17. The number of rotatable bonds is 6. The quantitative estimate of drug-likeness (QED) is 0.335. The molecule has 0 saturated carbocycles. The second-order valence-corrected chi connectivity index (χ2v) is 8.76. The largest absolute Gasteiger partial charge is 0.325 e. The molecular formula is C28H23N3OS. The number of hydrogen-bond acceptors (Lipinski definition) is 4. The van der Waals surface area contributed by atoms with Gasteiger partial charge in [0.2, 0.25) is 5.91 Å². The van der Waals surface area contributed by atoms with Crippen LogP contribution in [-0.4, -0.2) is 16.6 Å². The van der Waals surface area contributed by atoms with Crippen LogP contribution in [0.25, 0.3) is 22.4 Å². The van der Waals surface area contributed by atoms with Crippen LogP contribution in [0.1, 0.15) is 16.7 Å². The first-order valence-electron chi connectivity index (χ1n) is 10.6. The van der Waals surface area contributed by atoms with Crippen molar-refractivity contribution in [3.05, 3.63) is 102 Å². The number of carbonyl (C=O) groups excluding carboxylic acids is 1. The van der Waals surface area contributed by atoms with Gasteiger partial charge in [-0.2, -0.15) is 5.26 Å². The van der Waals surface area contributed by atoms with Gasteiger partial charge in [0.25, 0.3) is 0 Å². The maximum atomic E-state index is 12.7. The van der Waals surface area contributed by atoms with Gasteiger partial charge in [-0.05, 0) is 48.7 Å². The molecule has 1 aromatic heterocycles. The Morgan fingerprint density at radius 1 is 0.909 bits per heavy atom. The first-order chi connectivity index (χ1) is 16.0. The molecule has 0 radical (unpaired) electrons. The maximum Gasteiger partial charge on any atom is 0.234 e. The smallest absolute Gasteiger partial charge is 0.234 e. The average molecular weight is 450 g/mol. The van der Waals surface area contributed by atoms with Crippen LogP contribution >= 0.6 is 11.8 Å². The minimum atomic E-state index is -0.137. The summed E-state index contributed by atoms with van der Waals surface area (Å²) < 4.78 is 0. The predicted molar refractivity (Wildman–Crippen MR) is 135 cm³/mol. The highest BCUT2D eigenvalue weighted by atomic mass is 32.2. The van der Waals surface area contributed by atoms with Crippen LogP contribution in [-0.2, 0) is 4.79 Å². The van der Waals surface area contributed by atoms with Crippen LogP contribution in [0.15, 0.2) is 90.0 Å². The third kappa shape index (κ3) is 5.49. The molecule has 4 nitrogen and oxygen atoms in total. The molecule has 0 saturated heterocycles. The molecule has 0 fully saturated rings. The zero-order chi connectivity index (χ0) is 23.2. The molecular weight excluding hydrogens is 426 g/mol. The topological polar surface area (TPSA) is 65.8 Å². The average Bonchev–Trinajstić information content (AvgIpc) is 2.82. The zero-order valence-electron chi connectivity index (χ0n) is 18.5. The van der Waals surface area contributed by atoms with Crippen LogP contribution in [0.3, 0.4) is 0 Å². The molecule has 0 spiro atoms. The Morgan fingerprint density at radius 3 is 2.12 bits per heavy atom. The van der Waals surface area contributed by atoms with Crippen molar-refractivity contribution in [1.82, 2.24) is 4.98 Å². The van der Waals surface area contributed by atoms with Gasteiger partial charge in [0.05, 0.1) is 17.0 Å². The van der Waals surface area contributed by atoms with E-state index in [1.54, 1.807) is 0 Å². The normalized spacial score (nSPS) is 10.5. The lowest BCUT2D eigenvalue weighted by atomic mass is 9.99. The summed E-state index contributed by atoms with van der Waals surface area (Å²) in [4.78, 5) is 17.4. The number of aromatic nitrogens is 1. The van der Waals surface area contributed by atoms with E-state index in [0.717, 1.165) is 39.2 Å². The zero-order valence-corrected chi connectivity index (χ0v) is 19.3. The SMILES string of the molecule is Cc1cc(C)cc(NC(=O)CSc2nc(-c3ccccc3)cc(-c3ccccc3)c2C#N)c1. The first kappa shape index (κ1) is 22.3. The Morgan fingerprint density at radius 2 is 1.52 bits per heavy atom. The number of anilines is 1. The molecule has 5 heteroatoms. The molecule has 33 heavy (non-hydrogen) atoms. The fourth-order valence-electron chi connectivity index (χ4n) is 3.71. The second kappa shape index (κ2) is 10.2. The van der Waals surface area contributed by atoms with Gasteiger partial charge in [-0.3, -0.25) is 4.79 Å².